The number of carbonyl (C=O) groups excluding carboxylic acids is 1. The number of aromatic nitrogens is 1. The van der Waals surface area contributed by atoms with Crippen LogP contribution in [0.4, 0.5) is 5.69 Å². The van der Waals surface area contributed by atoms with Crippen molar-refractivity contribution in [3.8, 4) is 17.3 Å². The van der Waals surface area contributed by atoms with Gasteiger partial charge in [0.15, 0.2) is 0 Å². The number of hydrogen-bond acceptors (Lipinski definition) is 6. The predicted octanol–water partition coefficient (Wildman–Crippen LogP) is 5.97. The number of nitrogens with zero attached hydrogens (tertiary/aromatic N) is 2. The molecule has 2 aromatic carbocycles. The fraction of sp³-hybridized carbons (Fsp3) is 0.208. The highest BCUT2D eigenvalue weighted by molar-refractivity contribution is 7.11. The lowest BCUT2D eigenvalue weighted by Gasteiger charge is -2.05. The molecule has 0 amide bonds. The van der Waals surface area contributed by atoms with Crippen LogP contribution in [0.2, 0.25) is 0 Å². The number of thiazole rings is 1. The van der Waals surface area contributed by atoms with Gasteiger partial charge in [0, 0.05) is 22.8 Å². The van der Waals surface area contributed by atoms with E-state index in [1.54, 1.807) is 30.5 Å². The Morgan fingerprint density at radius 2 is 1.97 bits per heavy atom. The number of rotatable bonds is 7. The van der Waals surface area contributed by atoms with Crippen LogP contribution in [0.15, 0.2) is 54.0 Å². The van der Waals surface area contributed by atoms with Crippen LogP contribution < -0.4 is 5.32 Å². The summed E-state index contributed by atoms with van der Waals surface area (Å²) in [6.45, 7) is 6.51. The standard InChI is InChI=1S/C24H23N3O2S/c1-4-11-29-24(28)18-7-9-21(10-8-18)26-14-20(13-25)23-27-22(15-30-23)19-6-5-16(2)17(3)12-19/h5-10,12,14-15,26H,4,11H2,1-3H3/b20-14+. The molecule has 30 heavy (non-hydrogen) atoms. The van der Waals surface area contributed by atoms with Crippen LogP contribution in [0.5, 0.6) is 0 Å². The summed E-state index contributed by atoms with van der Waals surface area (Å²) in [5, 5.41) is 15.3. The van der Waals surface area contributed by atoms with E-state index in [1.165, 1.54) is 22.5 Å². The zero-order valence-corrected chi connectivity index (χ0v) is 18.0. The Labute approximate surface area is 180 Å². The second-order valence-corrected chi connectivity index (χ2v) is 7.72. The summed E-state index contributed by atoms with van der Waals surface area (Å²) in [7, 11) is 0. The Kier molecular flexibility index (Phi) is 6.99. The summed E-state index contributed by atoms with van der Waals surface area (Å²) in [6, 6.07) is 15.4. The van der Waals surface area contributed by atoms with Crippen LogP contribution in [0, 0.1) is 25.2 Å². The minimum absolute atomic E-state index is 0.335. The Balaban J connectivity index is 1.72. The molecule has 5 nitrogen and oxygen atoms in total. The molecule has 1 aromatic heterocycles. The number of esters is 1. The number of ether oxygens (including phenoxy) is 1. The molecule has 0 fully saturated rings. The Morgan fingerprint density at radius 1 is 1.20 bits per heavy atom. The fourth-order valence-electron chi connectivity index (χ4n) is 2.71. The van der Waals surface area contributed by atoms with Crippen LogP contribution in [0.3, 0.4) is 0 Å². The molecule has 0 bridgehead atoms. The summed E-state index contributed by atoms with van der Waals surface area (Å²) in [4.78, 5) is 16.5. The van der Waals surface area contributed by atoms with Crippen molar-refractivity contribution in [3.63, 3.8) is 0 Å². The molecule has 3 rings (SSSR count). The maximum atomic E-state index is 11.9. The maximum absolute atomic E-state index is 11.9. The number of anilines is 1. The molecule has 0 aliphatic rings. The topological polar surface area (TPSA) is 75.0 Å². The first-order valence-corrected chi connectivity index (χ1v) is 10.6. The minimum atomic E-state index is -0.335. The van der Waals surface area contributed by atoms with Gasteiger partial charge in [-0.05, 0) is 61.7 Å². The van der Waals surface area contributed by atoms with Gasteiger partial charge in [0.05, 0.1) is 17.9 Å². The van der Waals surface area contributed by atoms with E-state index >= 15 is 0 Å². The van der Waals surface area contributed by atoms with Gasteiger partial charge >= 0.3 is 5.97 Å². The highest BCUT2D eigenvalue weighted by Gasteiger charge is 2.10. The number of nitrogens with one attached hydrogen (secondary N) is 1. The Bertz CT molecular complexity index is 1110. The van der Waals surface area contributed by atoms with Gasteiger partial charge in [0.1, 0.15) is 16.6 Å². The minimum Gasteiger partial charge on any atom is -0.462 e. The summed E-state index contributed by atoms with van der Waals surface area (Å²) >= 11 is 1.43. The second kappa shape index (κ2) is 9.86. The van der Waals surface area contributed by atoms with Gasteiger partial charge < -0.3 is 10.1 Å². The fourth-order valence-corrected chi connectivity index (χ4v) is 3.50. The van der Waals surface area contributed by atoms with Crippen molar-refractivity contribution in [2.75, 3.05) is 11.9 Å². The maximum Gasteiger partial charge on any atom is 0.338 e. The van der Waals surface area contributed by atoms with E-state index in [2.05, 4.69) is 42.4 Å². The summed E-state index contributed by atoms with van der Waals surface area (Å²) in [5.41, 5.74) is 6.05. The van der Waals surface area contributed by atoms with Crippen LogP contribution in [-0.2, 0) is 4.74 Å². The van der Waals surface area contributed by atoms with Crippen LogP contribution in [0.25, 0.3) is 16.8 Å². The van der Waals surface area contributed by atoms with E-state index in [1.807, 2.05) is 18.4 Å². The number of benzene rings is 2. The highest BCUT2D eigenvalue weighted by atomic mass is 32.1. The molecule has 152 valence electrons. The van der Waals surface area contributed by atoms with Gasteiger partial charge in [0.25, 0.3) is 0 Å². The van der Waals surface area contributed by atoms with Crippen molar-refractivity contribution in [3.05, 3.63) is 75.7 Å². The zero-order valence-electron chi connectivity index (χ0n) is 17.2. The lowest BCUT2D eigenvalue weighted by molar-refractivity contribution is 0.0505. The van der Waals surface area contributed by atoms with E-state index in [4.69, 9.17) is 4.74 Å². The van der Waals surface area contributed by atoms with Gasteiger partial charge in [-0.2, -0.15) is 5.26 Å². The summed E-state index contributed by atoms with van der Waals surface area (Å²) in [6.07, 6.45) is 2.42. The number of hydrogen-bond donors (Lipinski definition) is 1. The Hall–Kier alpha value is -3.43. The third kappa shape index (κ3) is 5.13. The van der Waals surface area contributed by atoms with Gasteiger partial charge in [-0.15, -0.1) is 11.3 Å². The summed E-state index contributed by atoms with van der Waals surface area (Å²) < 4.78 is 5.12. The van der Waals surface area contributed by atoms with E-state index in [9.17, 15) is 10.1 Å². The van der Waals surface area contributed by atoms with Crippen molar-refractivity contribution in [2.45, 2.75) is 27.2 Å². The van der Waals surface area contributed by atoms with Gasteiger partial charge in [-0.3, -0.25) is 0 Å². The molecular weight excluding hydrogens is 394 g/mol. The lowest BCUT2D eigenvalue weighted by Crippen LogP contribution is -2.05. The molecule has 0 radical (unpaired) electrons. The zero-order chi connectivity index (χ0) is 21.5. The second-order valence-electron chi connectivity index (χ2n) is 6.86. The first kappa shape index (κ1) is 21.3. The highest BCUT2D eigenvalue weighted by Crippen LogP contribution is 2.27. The largest absolute Gasteiger partial charge is 0.462 e. The van der Waals surface area contributed by atoms with Crippen LogP contribution in [0.1, 0.15) is 39.8 Å². The SMILES string of the molecule is CCCOC(=O)c1ccc(N/C=C(\C#N)c2nc(-c3ccc(C)c(C)c3)cs2)cc1. The number of carbonyl (C=O) groups is 1. The number of nitriles is 1. The molecule has 3 aromatic rings. The van der Waals surface area contributed by atoms with Crippen molar-refractivity contribution in [1.29, 1.82) is 5.26 Å². The third-order valence-electron chi connectivity index (χ3n) is 4.60. The van der Waals surface area contributed by atoms with E-state index in [-0.39, 0.29) is 5.97 Å². The molecular formula is C24H23N3O2S. The van der Waals surface area contributed by atoms with Crippen molar-refractivity contribution >= 4 is 28.6 Å². The monoisotopic (exact) mass is 417 g/mol. The molecule has 0 aliphatic heterocycles. The van der Waals surface area contributed by atoms with E-state index in [0.717, 1.165) is 23.4 Å². The van der Waals surface area contributed by atoms with Crippen molar-refractivity contribution < 1.29 is 9.53 Å². The molecule has 0 saturated heterocycles. The van der Waals surface area contributed by atoms with Crippen molar-refractivity contribution in [1.82, 2.24) is 4.98 Å². The van der Waals surface area contributed by atoms with Gasteiger partial charge in [0.2, 0.25) is 0 Å². The van der Waals surface area contributed by atoms with Crippen molar-refractivity contribution in [2.24, 2.45) is 0 Å². The molecule has 6 heteroatoms. The quantitative estimate of drug-likeness (QED) is 0.379. The molecule has 0 spiro atoms. The van der Waals surface area contributed by atoms with Crippen LogP contribution >= 0.6 is 11.3 Å². The van der Waals surface area contributed by atoms with Gasteiger partial charge in [-0.1, -0.05) is 19.1 Å². The first-order valence-electron chi connectivity index (χ1n) is 9.69. The average Bonchev–Trinajstić information content (AvgIpc) is 3.25. The van der Waals surface area contributed by atoms with E-state index < -0.39 is 0 Å². The van der Waals surface area contributed by atoms with Gasteiger partial charge in [-0.25, -0.2) is 9.78 Å². The smallest absolute Gasteiger partial charge is 0.338 e. The number of allylic oxidation sites excluding steroid dienone is 1. The predicted molar refractivity (Wildman–Crippen MR) is 121 cm³/mol. The van der Waals surface area contributed by atoms with Crippen LogP contribution in [-0.4, -0.2) is 17.6 Å². The lowest BCUT2D eigenvalue weighted by atomic mass is 10.1. The number of aryl methyl sites for hydroxylation is 2. The van der Waals surface area contributed by atoms with E-state index in [0.29, 0.717) is 22.8 Å². The normalized spacial score (nSPS) is 11.1. The molecule has 0 atom stereocenters. The molecule has 1 heterocycles. The summed E-state index contributed by atoms with van der Waals surface area (Å²) in [5.74, 6) is -0.335. The first-order chi connectivity index (χ1) is 14.5. The molecule has 0 unspecified atom stereocenters. The average molecular weight is 418 g/mol. The molecule has 0 saturated carbocycles. The third-order valence-corrected chi connectivity index (χ3v) is 5.47. The molecule has 0 aliphatic carbocycles. The Morgan fingerprint density at radius 3 is 2.63 bits per heavy atom. The molecule has 1 N–H and O–H groups in total.